The molecule has 1 aliphatic heterocycles. The number of carbonyl (C=O) groups is 1. The molecule has 0 aliphatic carbocycles. The molecule has 134 valence electrons. The molecule has 0 radical (unpaired) electrons. The van der Waals surface area contributed by atoms with Crippen molar-refractivity contribution < 1.29 is 14.3 Å². The van der Waals surface area contributed by atoms with E-state index in [-0.39, 0.29) is 12.5 Å². The summed E-state index contributed by atoms with van der Waals surface area (Å²) >= 11 is 0. The topological polar surface area (TPSA) is 62.6 Å². The number of fused-ring (bicyclic) bond motifs is 1. The first kappa shape index (κ1) is 17.8. The number of ether oxygens (including phenoxy) is 2. The molecule has 1 heterocycles. The van der Waals surface area contributed by atoms with Crippen LogP contribution in [0.25, 0.3) is 0 Å². The number of amides is 1. The van der Waals surface area contributed by atoms with Crippen molar-refractivity contribution in [3.8, 4) is 17.6 Å². The van der Waals surface area contributed by atoms with Crippen LogP contribution in [0.15, 0.2) is 30.3 Å². The maximum absolute atomic E-state index is 12.8. The minimum atomic E-state index is -0.0811. The first-order valence-electron chi connectivity index (χ1n) is 8.65. The van der Waals surface area contributed by atoms with E-state index in [0.717, 1.165) is 24.1 Å². The molecule has 0 N–H and O–H groups in total. The fraction of sp³-hybridized carbons (Fsp3) is 0.333. The number of benzene rings is 2. The molecule has 0 spiro atoms. The van der Waals surface area contributed by atoms with Gasteiger partial charge in [0.2, 0.25) is 0 Å². The van der Waals surface area contributed by atoms with Gasteiger partial charge < -0.3 is 14.4 Å². The predicted octanol–water partition coefficient (Wildman–Crippen LogP) is 3.54. The van der Waals surface area contributed by atoms with E-state index in [1.54, 1.807) is 18.2 Å². The van der Waals surface area contributed by atoms with Crippen LogP contribution in [0.1, 0.15) is 28.7 Å². The van der Waals surface area contributed by atoms with Gasteiger partial charge in [-0.05, 0) is 61.6 Å². The van der Waals surface area contributed by atoms with E-state index in [1.165, 1.54) is 18.2 Å². The molecular formula is C21H22N2O3. The fourth-order valence-electron chi connectivity index (χ4n) is 3.41. The van der Waals surface area contributed by atoms with Crippen molar-refractivity contribution in [2.75, 3.05) is 25.2 Å². The normalized spacial score (nSPS) is 12.9. The maximum Gasteiger partial charge on any atom is 0.264 e. The summed E-state index contributed by atoms with van der Waals surface area (Å²) in [5.41, 5.74) is 5.10. The molecule has 2 aromatic carbocycles. The summed E-state index contributed by atoms with van der Waals surface area (Å²) in [6, 6.07) is 11.2. The van der Waals surface area contributed by atoms with Gasteiger partial charge in [-0.15, -0.1) is 0 Å². The Morgan fingerprint density at radius 2 is 2.04 bits per heavy atom. The molecule has 5 nitrogen and oxygen atoms in total. The molecule has 5 heteroatoms. The summed E-state index contributed by atoms with van der Waals surface area (Å²) in [5, 5.41) is 8.97. The van der Waals surface area contributed by atoms with E-state index < -0.39 is 0 Å². The fourth-order valence-corrected chi connectivity index (χ4v) is 3.41. The van der Waals surface area contributed by atoms with Crippen molar-refractivity contribution in [1.82, 2.24) is 0 Å². The Hall–Kier alpha value is -3.00. The molecule has 2 aromatic rings. The Labute approximate surface area is 153 Å². The van der Waals surface area contributed by atoms with Gasteiger partial charge in [-0.2, -0.15) is 5.26 Å². The third-order valence-electron chi connectivity index (χ3n) is 4.64. The van der Waals surface area contributed by atoms with Crippen LogP contribution in [-0.4, -0.2) is 26.2 Å². The summed E-state index contributed by atoms with van der Waals surface area (Å²) < 4.78 is 10.9. The molecule has 0 saturated carbocycles. The number of hydrogen-bond acceptors (Lipinski definition) is 4. The molecule has 0 saturated heterocycles. The van der Waals surface area contributed by atoms with Crippen LogP contribution in [0.4, 0.5) is 5.69 Å². The standard InChI is InChI=1S/C21H22N2O3/c1-14-9-15(2)17-5-4-8-23(18(17)10-14)21(24)13-26-19-7-6-16(12-22)11-20(19)25-3/h6-7,9-11H,4-5,8,13H2,1-3H3. The number of methoxy groups -OCH3 is 1. The average Bonchev–Trinajstić information content (AvgIpc) is 2.65. The second-order valence-electron chi connectivity index (χ2n) is 6.49. The van der Waals surface area contributed by atoms with Gasteiger partial charge in [0.05, 0.1) is 18.7 Å². The van der Waals surface area contributed by atoms with Crippen LogP contribution in [0, 0.1) is 25.2 Å². The summed E-state index contributed by atoms with van der Waals surface area (Å²) in [5.74, 6) is 0.822. The molecule has 0 aromatic heterocycles. The summed E-state index contributed by atoms with van der Waals surface area (Å²) in [6.45, 7) is 4.76. The lowest BCUT2D eigenvalue weighted by atomic mass is 9.95. The zero-order valence-electron chi connectivity index (χ0n) is 15.3. The van der Waals surface area contributed by atoms with Crippen molar-refractivity contribution in [3.63, 3.8) is 0 Å². The number of rotatable bonds is 4. The third kappa shape index (κ3) is 3.50. The smallest absolute Gasteiger partial charge is 0.264 e. The Morgan fingerprint density at radius 1 is 1.23 bits per heavy atom. The maximum atomic E-state index is 12.8. The lowest BCUT2D eigenvalue weighted by Gasteiger charge is -2.31. The van der Waals surface area contributed by atoms with Crippen molar-refractivity contribution >= 4 is 11.6 Å². The van der Waals surface area contributed by atoms with Gasteiger partial charge in [-0.1, -0.05) is 6.07 Å². The quantitative estimate of drug-likeness (QED) is 0.846. The highest BCUT2D eigenvalue weighted by Gasteiger charge is 2.24. The number of aryl methyl sites for hydroxylation is 2. The van der Waals surface area contributed by atoms with Crippen molar-refractivity contribution in [1.29, 1.82) is 5.26 Å². The highest BCUT2D eigenvalue weighted by molar-refractivity contribution is 5.96. The zero-order chi connectivity index (χ0) is 18.7. The average molecular weight is 350 g/mol. The van der Waals surface area contributed by atoms with Gasteiger partial charge in [0.25, 0.3) is 5.91 Å². The molecule has 1 aliphatic rings. The first-order valence-corrected chi connectivity index (χ1v) is 8.65. The van der Waals surface area contributed by atoms with Gasteiger partial charge >= 0.3 is 0 Å². The largest absolute Gasteiger partial charge is 0.493 e. The molecule has 0 unspecified atom stereocenters. The lowest BCUT2D eigenvalue weighted by molar-refractivity contribution is -0.120. The van der Waals surface area contributed by atoms with E-state index in [0.29, 0.717) is 23.6 Å². The van der Waals surface area contributed by atoms with Crippen LogP contribution < -0.4 is 14.4 Å². The Bertz CT molecular complexity index is 884. The van der Waals surface area contributed by atoms with Crippen molar-refractivity contribution in [3.05, 3.63) is 52.6 Å². The lowest BCUT2D eigenvalue weighted by Crippen LogP contribution is -2.39. The summed E-state index contributed by atoms with van der Waals surface area (Å²) in [6.07, 6.45) is 1.94. The van der Waals surface area contributed by atoms with E-state index in [2.05, 4.69) is 25.1 Å². The van der Waals surface area contributed by atoms with E-state index in [9.17, 15) is 4.79 Å². The van der Waals surface area contributed by atoms with Crippen LogP contribution in [0.2, 0.25) is 0 Å². The van der Waals surface area contributed by atoms with Crippen LogP contribution >= 0.6 is 0 Å². The van der Waals surface area contributed by atoms with E-state index in [4.69, 9.17) is 14.7 Å². The summed E-state index contributed by atoms with van der Waals surface area (Å²) in [7, 11) is 1.51. The van der Waals surface area contributed by atoms with Gasteiger partial charge in [-0.3, -0.25) is 4.79 Å². The van der Waals surface area contributed by atoms with Gasteiger partial charge in [-0.25, -0.2) is 0 Å². The molecule has 1 amide bonds. The number of hydrogen-bond donors (Lipinski definition) is 0. The SMILES string of the molecule is COc1cc(C#N)ccc1OCC(=O)N1CCCc2c(C)cc(C)cc21. The van der Waals surface area contributed by atoms with E-state index in [1.807, 2.05) is 11.8 Å². The van der Waals surface area contributed by atoms with E-state index >= 15 is 0 Å². The monoisotopic (exact) mass is 350 g/mol. The van der Waals surface area contributed by atoms with Crippen LogP contribution in [0.3, 0.4) is 0 Å². The highest BCUT2D eigenvalue weighted by atomic mass is 16.5. The number of nitriles is 1. The predicted molar refractivity (Wildman–Crippen MR) is 99.8 cm³/mol. The second-order valence-corrected chi connectivity index (χ2v) is 6.49. The molecule has 0 atom stereocenters. The van der Waals surface area contributed by atoms with Gasteiger partial charge in [0.1, 0.15) is 0 Å². The van der Waals surface area contributed by atoms with Gasteiger partial charge in [0, 0.05) is 18.3 Å². The van der Waals surface area contributed by atoms with Crippen LogP contribution in [0.5, 0.6) is 11.5 Å². The molecule has 26 heavy (non-hydrogen) atoms. The van der Waals surface area contributed by atoms with Gasteiger partial charge in [0.15, 0.2) is 18.1 Å². The number of anilines is 1. The summed E-state index contributed by atoms with van der Waals surface area (Å²) in [4.78, 5) is 14.6. The second kappa shape index (κ2) is 7.49. The van der Waals surface area contributed by atoms with Crippen molar-refractivity contribution in [2.45, 2.75) is 26.7 Å². The molecular weight excluding hydrogens is 328 g/mol. The van der Waals surface area contributed by atoms with Crippen LogP contribution in [-0.2, 0) is 11.2 Å². The Kier molecular flexibility index (Phi) is 5.13. The number of nitrogens with zero attached hydrogens (tertiary/aromatic N) is 2. The molecule has 0 fully saturated rings. The molecule has 0 bridgehead atoms. The minimum absolute atomic E-state index is 0.0747. The third-order valence-corrected chi connectivity index (χ3v) is 4.64. The Morgan fingerprint density at radius 3 is 2.77 bits per heavy atom. The van der Waals surface area contributed by atoms with Crippen molar-refractivity contribution in [2.24, 2.45) is 0 Å². The first-order chi connectivity index (χ1) is 12.5. The highest BCUT2D eigenvalue weighted by Crippen LogP contribution is 2.32. The minimum Gasteiger partial charge on any atom is -0.493 e. The zero-order valence-corrected chi connectivity index (χ0v) is 15.3. The molecule has 3 rings (SSSR count). The Balaban J connectivity index is 1.78. The number of carbonyl (C=O) groups excluding carboxylic acids is 1.